The van der Waals surface area contributed by atoms with Crippen molar-refractivity contribution in [2.75, 3.05) is 11.9 Å². The van der Waals surface area contributed by atoms with Gasteiger partial charge in [-0.2, -0.15) is 0 Å². The van der Waals surface area contributed by atoms with Crippen LogP contribution in [0.5, 0.6) is 0 Å². The molecule has 1 aliphatic rings. The van der Waals surface area contributed by atoms with Gasteiger partial charge in [-0.3, -0.25) is 4.79 Å². The summed E-state index contributed by atoms with van der Waals surface area (Å²) in [5.74, 6) is 0.0241. The van der Waals surface area contributed by atoms with E-state index in [1.807, 2.05) is 48.2 Å². The quantitative estimate of drug-likeness (QED) is 0.598. The standard InChI is InChI=1S/C23H25ClN4O/c1-3-18-9-4-5-12-28(18)23(29)20-14-25-22-19(11-10-15(2)26-22)21(20)27-17-8-6-7-16(24)13-17/h6-8,10-11,13-14,18H,3-5,9,12H2,1-2H3,(H,25,26,27). The Morgan fingerprint density at radius 2 is 2.14 bits per heavy atom. The molecule has 150 valence electrons. The predicted molar refractivity (Wildman–Crippen MR) is 118 cm³/mol. The van der Waals surface area contributed by atoms with Gasteiger partial charge in [0.1, 0.15) is 0 Å². The number of likely N-dealkylation sites (tertiary alicyclic amines) is 1. The maximum absolute atomic E-state index is 13.6. The van der Waals surface area contributed by atoms with Crippen LogP contribution in [0.25, 0.3) is 11.0 Å². The lowest BCUT2D eigenvalue weighted by Gasteiger charge is -2.35. The van der Waals surface area contributed by atoms with Crippen LogP contribution >= 0.6 is 11.6 Å². The van der Waals surface area contributed by atoms with Gasteiger partial charge in [-0.15, -0.1) is 0 Å². The summed E-state index contributed by atoms with van der Waals surface area (Å²) >= 11 is 6.17. The topological polar surface area (TPSA) is 58.1 Å². The number of carbonyl (C=O) groups is 1. The number of aromatic nitrogens is 2. The summed E-state index contributed by atoms with van der Waals surface area (Å²) in [6.45, 7) is 4.87. The van der Waals surface area contributed by atoms with E-state index in [1.54, 1.807) is 6.20 Å². The average molecular weight is 409 g/mol. The molecule has 5 nitrogen and oxygen atoms in total. The van der Waals surface area contributed by atoms with Crippen LogP contribution in [0.15, 0.2) is 42.6 Å². The van der Waals surface area contributed by atoms with Crippen molar-refractivity contribution in [1.82, 2.24) is 14.9 Å². The third kappa shape index (κ3) is 4.06. The smallest absolute Gasteiger partial charge is 0.257 e. The lowest BCUT2D eigenvalue weighted by molar-refractivity contribution is 0.0609. The molecule has 1 saturated heterocycles. The molecule has 4 rings (SSSR count). The molecule has 2 aromatic heterocycles. The van der Waals surface area contributed by atoms with Crippen LogP contribution in [0.4, 0.5) is 11.4 Å². The minimum Gasteiger partial charge on any atom is -0.354 e. The second kappa shape index (κ2) is 8.37. The van der Waals surface area contributed by atoms with Crippen LogP contribution in [0.3, 0.4) is 0 Å². The molecule has 3 heterocycles. The van der Waals surface area contributed by atoms with E-state index in [4.69, 9.17) is 11.6 Å². The van der Waals surface area contributed by atoms with Crippen LogP contribution in [-0.4, -0.2) is 33.4 Å². The van der Waals surface area contributed by atoms with Crippen molar-refractivity contribution in [1.29, 1.82) is 0 Å². The lowest BCUT2D eigenvalue weighted by Crippen LogP contribution is -2.43. The number of halogens is 1. The maximum atomic E-state index is 13.6. The third-order valence-corrected chi connectivity index (χ3v) is 5.79. The van der Waals surface area contributed by atoms with E-state index >= 15 is 0 Å². The van der Waals surface area contributed by atoms with E-state index in [0.29, 0.717) is 16.2 Å². The van der Waals surface area contributed by atoms with Crippen molar-refractivity contribution in [2.24, 2.45) is 0 Å². The summed E-state index contributed by atoms with van der Waals surface area (Å²) in [7, 11) is 0. The molecule has 1 aromatic carbocycles. The van der Waals surface area contributed by atoms with E-state index in [1.165, 1.54) is 6.42 Å². The average Bonchev–Trinajstić information content (AvgIpc) is 2.73. The fourth-order valence-electron chi connectivity index (χ4n) is 4.03. The summed E-state index contributed by atoms with van der Waals surface area (Å²) in [6, 6.07) is 11.7. The highest BCUT2D eigenvalue weighted by atomic mass is 35.5. The minimum absolute atomic E-state index is 0.0241. The third-order valence-electron chi connectivity index (χ3n) is 5.55. The Kier molecular flexibility index (Phi) is 5.67. The first-order valence-corrected chi connectivity index (χ1v) is 10.5. The van der Waals surface area contributed by atoms with Gasteiger partial charge >= 0.3 is 0 Å². The van der Waals surface area contributed by atoms with Gasteiger partial charge in [0.2, 0.25) is 0 Å². The molecule has 0 saturated carbocycles. The van der Waals surface area contributed by atoms with Crippen molar-refractivity contribution < 1.29 is 4.79 Å². The molecule has 1 N–H and O–H groups in total. The lowest BCUT2D eigenvalue weighted by atomic mass is 9.98. The Hall–Kier alpha value is -2.66. The molecule has 0 aliphatic carbocycles. The van der Waals surface area contributed by atoms with E-state index in [2.05, 4.69) is 22.2 Å². The molecule has 1 aliphatic heterocycles. The molecule has 29 heavy (non-hydrogen) atoms. The van der Waals surface area contributed by atoms with Crippen LogP contribution in [-0.2, 0) is 0 Å². The number of amides is 1. The number of rotatable bonds is 4. The first-order chi connectivity index (χ1) is 14.1. The number of nitrogens with one attached hydrogen (secondary N) is 1. The molecule has 1 fully saturated rings. The van der Waals surface area contributed by atoms with Crippen molar-refractivity contribution >= 4 is 39.9 Å². The first kappa shape index (κ1) is 19.6. The predicted octanol–water partition coefficient (Wildman–Crippen LogP) is 5.74. The number of hydrogen-bond donors (Lipinski definition) is 1. The molecule has 1 unspecified atom stereocenters. The Labute approximate surface area is 176 Å². The highest BCUT2D eigenvalue weighted by molar-refractivity contribution is 6.30. The monoisotopic (exact) mass is 408 g/mol. The van der Waals surface area contributed by atoms with Gasteiger partial charge in [-0.1, -0.05) is 24.6 Å². The summed E-state index contributed by atoms with van der Waals surface area (Å²) in [4.78, 5) is 24.6. The van der Waals surface area contributed by atoms with Crippen LogP contribution in [0.2, 0.25) is 5.02 Å². The number of hydrogen-bond acceptors (Lipinski definition) is 4. The van der Waals surface area contributed by atoms with Crippen molar-refractivity contribution in [2.45, 2.75) is 45.6 Å². The molecular formula is C23H25ClN4O. The van der Waals surface area contributed by atoms with Gasteiger partial charge in [0.15, 0.2) is 5.65 Å². The summed E-state index contributed by atoms with van der Waals surface area (Å²) < 4.78 is 0. The number of anilines is 2. The van der Waals surface area contributed by atoms with Gasteiger partial charge in [-0.25, -0.2) is 9.97 Å². The number of carbonyl (C=O) groups excluding carboxylic acids is 1. The van der Waals surface area contributed by atoms with Gasteiger partial charge < -0.3 is 10.2 Å². The summed E-state index contributed by atoms with van der Waals surface area (Å²) in [5.41, 5.74) is 3.64. The Morgan fingerprint density at radius 3 is 2.93 bits per heavy atom. The molecule has 1 amide bonds. The highest BCUT2D eigenvalue weighted by Crippen LogP contribution is 2.32. The number of benzene rings is 1. The molecular weight excluding hydrogens is 384 g/mol. The number of fused-ring (bicyclic) bond motifs is 1. The largest absolute Gasteiger partial charge is 0.354 e. The van der Waals surface area contributed by atoms with Crippen LogP contribution in [0.1, 0.15) is 48.7 Å². The van der Waals surface area contributed by atoms with Gasteiger partial charge in [0.25, 0.3) is 5.91 Å². The van der Waals surface area contributed by atoms with Crippen molar-refractivity contribution in [3.63, 3.8) is 0 Å². The second-order valence-electron chi connectivity index (χ2n) is 7.56. The van der Waals surface area contributed by atoms with Crippen molar-refractivity contribution in [3.05, 3.63) is 58.9 Å². The van der Waals surface area contributed by atoms with Crippen LogP contribution < -0.4 is 5.32 Å². The number of piperidine rings is 1. The molecule has 0 radical (unpaired) electrons. The van der Waals surface area contributed by atoms with E-state index < -0.39 is 0 Å². The Bertz CT molecular complexity index is 1050. The number of nitrogens with zero attached hydrogens (tertiary/aromatic N) is 3. The number of pyridine rings is 2. The normalized spacial score (nSPS) is 16.8. The highest BCUT2D eigenvalue weighted by Gasteiger charge is 2.28. The van der Waals surface area contributed by atoms with Gasteiger partial charge in [0, 0.05) is 40.6 Å². The Balaban J connectivity index is 1.82. The molecule has 0 spiro atoms. The molecule has 1 atom stereocenters. The first-order valence-electron chi connectivity index (χ1n) is 10.2. The fraction of sp³-hybridized carbons (Fsp3) is 0.348. The summed E-state index contributed by atoms with van der Waals surface area (Å²) in [5, 5.41) is 4.88. The second-order valence-corrected chi connectivity index (χ2v) is 8.00. The number of aryl methyl sites for hydroxylation is 1. The molecule has 3 aromatic rings. The zero-order chi connectivity index (χ0) is 20.4. The molecule has 0 bridgehead atoms. The van der Waals surface area contributed by atoms with E-state index in [0.717, 1.165) is 48.3 Å². The van der Waals surface area contributed by atoms with E-state index in [9.17, 15) is 4.79 Å². The maximum Gasteiger partial charge on any atom is 0.257 e. The minimum atomic E-state index is 0.0241. The molecule has 6 heteroatoms. The Morgan fingerprint density at radius 1 is 1.28 bits per heavy atom. The van der Waals surface area contributed by atoms with Gasteiger partial charge in [-0.05, 0) is 62.9 Å². The van der Waals surface area contributed by atoms with Crippen LogP contribution in [0, 0.1) is 6.92 Å². The van der Waals surface area contributed by atoms with Crippen molar-refractivity contribution in [3.8, 4) is 0 Å². The summed E-state index contributed by atoms with van der Waals surface area (Å²) in [6.07, 6.45) is 5.90. The van der Waals surface area contributed by atoms with E-state index in [-0.39, 0.29) is 11.9 Å². The zero-order valence-corrected chi connectivity index (χ0v) is 17.5. The van der Waals surface area contributed by atoms with Gasteiger partial charge in [0.05, 0.1) is 11.3 Å². The SMILES string of the molecule is CCC1CCCCN1C(=O)c1cnc2nc(C)ccc2c1Nc1cccc(Cl)c1. The zero-order valence-electron chi connectivity index (χ0n) is 16.8. The fourth-order valence-corrected chi connectivity index (χ4v) is 4.22.